The van der Waals surface area contributed by atoms with Gasteiger partial charge >= 0.3 is 0 Å². The van der Waals surface area contributed by atoms with Gasteiger partial charge in [0.1, 0.15) is 0 Å². The summed E-state index contributed by atoms with van der Waals surface area (Å²) in [5.41, 5.74) is 0. The van der Waals surface area contributed by atoms with E-state index in [1.807, 2.05) is 6.92 Å². The molecule has 0 amide bonds. The predicted octanol–water partition coefficient (Wildman–Crippen LogP) is 5.59. The lowest BCUT2D eigenvalue weighted by atomic mass is 10.4. The molecule has 0 aliphatic rings. The van der Waals surface area contributed by atoms with Crippen molar-refractivity contribution in [2.75, 3.05) is 39.6 Å². The topological polar surface area (TPSA) is 36.9 Å². The van der Waals surface area contributed by atoms with Crippen molar-refractivity contribution in [3.05, 3.63) is 0 Å². The van der Waals surface area contributed by atoms with E-state index in [9.17, 15) is 0 Å². The van der Waals surface area contributed by atoms with Gasteiger partial charge in [-0.05, 0) is 32.6 Å². The molecule has 0 fully saturated rings. The fraction of sp³-hybridized carbons (Fsp3) is 1.00. The molecule has 0 N–H and O–H groups in total. The fourth-order valence-electron chi connectivity index (χ4n) is 1.65. The summed E-state index contributed by atoms with van der Waals surface area (Å²) >= 11 is 0. The summed E-state index contributed by atoms with van der Waals surface area (Å²) in [7, 11) is 0. The molecule has 0 heterocycles. The Hall–Kier alpha value is -0.160. The molecule has 24 heavy (non-hydrogen) atoms. The zero-order valence-corrected chi connectivity index (χ0v) is 17.1. The second-order valence-corrected chi connectivity index (χ2v) is 5.95. The van der Waals surface area contributed by atoms with Crippen molar-refractivity contribution in [1.82, 2.24) is 0 Å². The molecule has 148 valence electrons. The number of rotatable bonds is 17. The van der Waals surface area contributed by atoms with E-state index in [0.29, 0.717) is 0 Å². The first-order chi connectivity index (χ1) is 11.7. The molecule has 0 saturated heterocycles. The van der Waals surface area contributed by atoms with E-state index in [1.54, 1.807) is 0 Å². The van der Waals surface area contributed by atoms with Crippen LogP contribution in [0.2, 0.25) is 0 Å². The van der Waals surface area contributed by atoms with Crippen molar-refractivity contribution in [2.45, 2.75) is 92.3 Å². The van der Waals surface area contributed by atoms with Gasteiger partial charge in [-0.3, -0.25) is 0 Å². The van der Waals surface area contributed by atoms with Gasteiger partial charge in [-0.1, -0.05) is 53.4 Å². The molecule has 0 aromatic rings. The van der Waals surface area contributed by atoms with E-state index in [2.05, 4.69) is 27.7 Å². The Labute approximate surface area is 151 Å². The summed E-state index contributed by atoms with van der Waals surface area (Å²) < 4.78 is 21.5. The second kappa shape index (κ2) is 25.1. The number of unbranched alkanes of at least 4 members (excludes halogenated alkanes) is 4. The Morgan fingerprint density at radius 1 is 0.500 bits per heavy atom. The molecule has 0 rings (SSSR count). The lowest BCUT2D eigenvalue weighted by Crippen LogP contribution is -2.14. The fourth-order valence-corrected chi connectivity index (χ4v) is 1.65. The van der Waals surface area contributed by atoms with Gasteiger partial charge in [0.25, 0.3) is 0 Å². The van der Waals surface area contributed by atoms with Gasteiger partial charge in [-0.25, -0.2) is 0 Å². The summed E-state index contributed by atoms with van der Waals surface area (Å²) in [6.07, 6.45) is 9.33. The summed E-state index contributed by atoms with van der Waals surface area (Å²) in [6.45, 7) is 15.5. The molecule has 0 saturated carbocycles. The molecule has 4 heteroatoms. The van der Waals surface area contributed by atoms with Gasteiger partial charge in [0.15, 0.2) is 6.29 Å². The first kappa shape index (κ1) is 26.1. The highest BCUT2D eigenvalue weighted by atomic mass is 16.7. The molecule has 0 aromatic heterocycles. The van der Waals surface area contributed by atoms with Crippen LogP contribution >= 0.6 is 0 Å². The van der Waals surface area contributed by atoms with Crippen molar-refractivity contribution < 1.29 is 18.9 Å². The van der Waals surface area contributed by atoms with Crippen molar-refractivity contribution in [1.29, 1.82) is 0 Å². The van der Waals surface area contributed by atoms with Crippen LogP contribution in [0.3, 0.4) is 0 Å². The van der Waals surface area contributed by atoms with E-state index in [4.69, 9.17) is 18.9 Å². The van der Waals surface area contributed by atoms with Crippen LogP contribution in [0.15, 0.2) is 0 Å². The van der Waals surface area contributed by atoms with Crippen molar-refractivity contribution in [2.24, 2.45) is 0 Å². The highest BCUT2D eigenvalue weighted by molar-refractivity contribution is 4.37. The number of ether oxygens (including phenoxy) is 4. The predicted molar refractivity (Wildman–Crippen MR) is 103 cm³/mol. The van der Waals surface area contributed by atoms with Gasteiger partial charge in [0.05, 0.1) is 13.2 Å². The van der Waals surface area contributed by atoms with Gasteiger partial charge < -0.3 is 18.9 Å². The van der Waals surface area contributed by atoms with Crippen molar-refractivity contribution in [3.8, 4) is 0 Å². The second-order valence-electron chi connectivity index (χ2n) is 5.95. The lowest BCUT2D eigenvalue weighted by Gasteiger charge is -2.13. The third-order valence-electron chi connectivity index (χ3n) is 3.36. The Kier molecular flexibility index (Phi) is 27.3. The summed E-state index contributed by atoms with van der Waals surface area (Å²) in [4.78, 5) is 0. The molecular formula is C20H44O4. The van der Waals surface area contributed by atoms with Crippen LogP contribution in [0.25, 0.3) is 0 Å². The van der Waals surface area contributed by atoms with Crippen LogP contribution in [0, 0.1) is 0 Å². The molecule has 0 unspecified atom stereocenters. The molecule has 0 radical (unpaired) electrons. The SMILES string of the molecule is CCCCOC(C)OCCCC.CCCCOCCOCCCC. The maximum Gasteiger partial charge on any atom is 0.154 e. The first-order valence-electron chi connectivity index (χ1n) is 10.1. The summed E-state index contributed by atoms with van der Waals surface area (Å²) in [5.74, 6) is 0. The minimum Gasteiger partial charge on any atom is -0.379 e. The highest BCUT2D eigenvalue weighted by Crippen LogP contribution is 1.98. The zero-order chi connectivity index (χ0) is 18.3. The Morgan fingerprint density at radius 2 is 0.833 bits per heavy atom. The maximum absolute atomic E-state index is 5.41. The third-order valence-corrected chi connectivity index (χ3v) is 3.36. The van der Waals surface area contributed by atoms with Crippen LogP contribution in [0.1, 0.15) is 86.0 Å². The molecule has 0 bridgehead atoms. The van der Waals surface area contributed by atoms with Gasteiger partial charge in [-0.15, -0.1) is 0 Å². The van der Waals surface area contributed by atoms with Crippen LogP contribution < -0.4 is 0 Å². The summed E-state index contributed by atoms with van der Waals surface area (Å²) in [5, 5.41) is 0. The first-order valence-corrected chi connectivity index (χ1v) is 10.1. The van der Waals surface area contributed by atoms with E-state index in [1.165, 1.54) is 25.7 Å². The normalized spacial score (nSPS) is 10.8. The molecule has 0 spiro atoms. The van der Waals surface area contributed by atoms with Gasteiger partial charge in [-0.2, -0.15) is 0 Å². The minimum atomic E-state index is -0.0249. The van der Waals surface area contributed by atoms with Crippen molar-refractivity contribution >= 4 is 0 Å². The van der Waals surface area contributed by atoms with Crippen LogP contribution in [0.5, 0.6) is 0 Å². The quantitative estimate of drug-likeness (QED) is 0.254. The van der Waals surface area contributed by atoms with E-state index in [-0.39, 0.29) is 6.29 Å². The minimum absolute atomic E-state index is 0.0249. The number of hydrogen-bond donors (Lipinski definition) is 0. The van der Waals surface area contributed by atoms with Crippen LogP contribution in [0.4, 0.5) is 0 Å². The van der Waals surface area contributed by atoms with Gasteiger partial charge in [0, 0.05) is 26.4 Å². The molecule has 0 aliphatic carbocycles. The van der Waals surface area contributed by atoms with Crippen LogP contribution in [-0.4, -0.2) is 45.9 Å². The Morgan fingerprint density at radius 3 is 1.17 bits per heavy atom. The third kappa shape index (κ3) is 26.7. The largest absolute Gasteiger partial charge is 0.379 e. The van der Waals surface area contributed by atoms with Crippen LogP contribution in [-0.2, 0) is 18.9 Å². The molecule has 4 nitrogen and oxygen atoms in total. The maximum atomic E-state index is 5.41. The molecule has 0 atom stereocenters. The summed E-state index contributed by atoms with van der Waals surface area (Å²) in [6, 6.07) is 0. The van der Waals surface area contributed by atoms with E-state index in [0.717, 1.165) is 65.3 Å². The highest BCUT2D eigenvalue weighted by Gasteiger charge is 1.99. The molecule has 0 aromatic carbocycles. The van der Waals surface area contributed by atoms with Crippen molar-refractivity contribution in [3.63, 3.8) is 0 Å². The van der Waals surface area contributed by atoms with Gasteiger partial charge in [0.2, 0.25) is 0 Å². The zero-order valence-electron chi connectivity index (χ0n) is 17.1. The lowest BCUT2D eigenvalue weighted by molar-refractivity contribution is -0.131. The standard InChI is InChI=1S/2C10H22O2/c1-4-6-8-11-10(3)12-9-7-5-2;1-3-5-7-11-9-10-12-8-6-4-2/h10H,4-9H2,1-3H3;3-10H2,1-2H3. The smallest absolute Gasteiger partial charge is 0.154 e. The number of hydrogen-bond acceptors (Lipinski definition) is 4. The average Bonchev–Trinajstić information content (AvgIpc) is 2.58. The average molecular weight is 349 g/mol. The van der Waals surface area contributed by atoms with E-state index >= 15 is 0 Å². The molecule has 0 aliphatic heterocycles. The Balaban J connectivity index is 0. The van der Waals surface area contributed by atoms with E-state index < -0.39 is 0 Å². The molecular weight excluding hydrogens is 304 g/mol. The Bertz CT molecular complexity index is 180. The monoisotopic (exact) mass is 348 g/mol.